The van der Waals surface area contributed by atoms with E-state index in [0.717, 1.165) is 16.6 Å². The van der Waals surface area contributed by atoms with Crippen LogP contribution in [0.4, 0.5) is 18.9 Å². The number of nitrogens with two attached hydrogens (primary N) is 1. The molecule has 1 aliphatic rings. The number of carbonyl (C=O) groups is 1. The van der Waals surface area contributed by atoms with Crippen molar-refractivity contribution in [1.82, 2.24) is 5.43 Å². The van der Waals surface area contributed by atoms with Crippen molar-refractivity contribution >= 4 is 23.9 Å². The predicted octanol–water partition coefficient (Wildman–Crippen LogP) is 4.52. The van der Waals surface area contributed by atoms with Crippen LogP contribution in [0.15, 0.2) is 47.4 Å². The third-order valence-corrected chi connectivity index (χ3v) is 5.29. The van der Waals surface area contributed by atoms with Crippen molar-refractivity contribution in [2.24, 2.45) is 5.84 Å². The molecule has 4 nitrogen and oxygen atoms in total. The van der Waals surface area contributed by atoms with Gasteiger partial charge in [0, 0.05) is 23.4 Å². The highest BCUT2D eigenvalue weighted by Gasteiger charge is 2.33. The number of hydrogen-bond acceptors (Lipinski definition) is 4. The topological polar surface area (TPSA) is 67.2 Å². The van der Waals surface area contributed by atoms with Gasteiger partial charge in [0.2, 0.25) is 6.41 Å². The minimum Gasteiger partial charge on any atom is -0.387 e. The zero-order valence-electron chi connectivity index (χ0n) is 14.8. The molecule has 0 radical (unpaired) electrons. The molecule has 0 bridgehead atoms. The number of halogens is 3. The van der Waals surface area contributed by atoms with Crippen LogP contribution in [0.5, 0.6) is 0 Å². The monoisotopic (exact) mass is 397 g/mol. The second-order valence-corrected chi connectivity index (χ2v) is 6.96. The summed E-state index contributed by atoms with van der Waals surface area (Å²) in [5.74, 6) is 5.28. The van der Waals surface area contributed by atoms with Gasteiger partial charge in [-0.1, -0.05) is 30.3 Å². The Balaban J connectivity index is 0.000000596. The van der Waals surface area contributed by atoms with Gasteiger partial charge >= 0.3 is 6.18 Å². The zero-order valence-corrected chi connectivity index (χ0v) is 15.7. The Morgan fingerprint density at radius 2 is 1.85 bits per heavy atom. The number of hydrazine groups is 1. The van der Waals surface area contributed by atoms with Gasteiger partial charge in [-0.3, -0.25) is 10.2 Å². The molecule has 146 valence electrons. The average Bonchev–Trinajstić information content (AvgIpc) is 3.51. The second-order valence-electron chi connectivity index (χ2n) is 5.98. The summed E-state index contributed by atoms with van der Waals surface area (Å²) in [5.41, 5.74) is 3.79. The van der Waals surface area contributed by atoms with Crippen LogP contribution in [0.25, 0.3) is 0 Å². The molecule has 0 spiro atoms. The van der Waals surface area contributed by atoms with Gasteiger partial charge < -0.3 is 5.32 Å². The molecule has 0 heterocycles. The Labute approximate surface area is 160 Å². The van der Waals surface area contributed by atoms with Crippen molar-refractivity contribution in [1.29, 1.82) is 0 Å². The van der Waals surface area contributed by atoms with Gasteiger partial charge in [0.05, 0.1) is 5.56 Å². The summed E-state index contributed by atoms with van der Waals surface area (Å²) in [5, 5.41) is 3.16. The first kappa shape index (κ1) is 21.1. The summed E-state index contributed by atoms with van der Waals surface area (Å²) in [4.78, 5) is 10.0. The third-order valence-electron chi connectivity index (χ3n) is 4.09. The van der Waals surface area contributed by atoms with Gasteiger partial charge in [0.15, 0.2) is 0 Å². The van der Waals surface area contributed by atoms with E-state index in [0.29, 0.717) is 23.6 Å². The van der Waals surface area contributed by atoms with Crippen molar-refractivity contribution in [2.45, 2.75) is 35.6 Å². The number of benzene rings is 2. The fourth-order valence-corrected chi connectivity index (χ4v) is 3.98. The molecule has 1 amide bonds. The molecule has 27 heavy (non-hydrogen) atoms. The van der Waals surface area contributed by atoms with Gasteiger partial charge in [-0.15, -0.1) is 11.8 Å². The summed E-state index contributed by atoms with van der Waals surface area (Å²) >= 11 is 1.49. The quantitative estimate of drug-likeness (QED) is 0.220. The number of nitrogens with one attached hydrogen (secondary N) is 2. The molecule has 2 aromatic carbocycles. The summed E-state index contributed by atoms with van der Waals surface area (Å²) in [7, 11) is 1.85. The van der Waals surface area contributed by atoms with Crippen molar-refractivity contribution < 1.29 is 18.0 Å². The first-order chi connectivity index (χ1) is 12.9. The lowest BCUT2D eigenvalue weighted by Crippen LogP contribution is -2.18. The Morgan fingerprint density at radius 3 is 2.41 bits per heavy atom. The summed E-state index contributed by atoms with van der Waals surface area (Å²) in [6.07, 6.45) is -1.57. The molecule has 0 atom stereocenters. The van der Waals surface area contributed by atoms with Crippen LogP contribution in [0.2, 0.25) is 0 Å². The minimum absolute atomic E-state index is 0.314. The fourth-order valence-electron chi connectivity index (χ4n) is 2.70. The molecule has 3 rings (SSSR count). The standard InChI is InChI=1S/C18H18F3NS.CH4N2O/c1-22-16-8-4-6-14(12-9-10-12)17(16)23-11-13-5-2-3-7-15(13)18(19,20)21;2-3-1-4/h2-8,12,22H,9-11H2,1H3;1H,2H2,(H,3,4). The molecule has 2 aromatic rings. The summed E-state index contributed by atoms with van der Waals surface area (Å²) < 4.78 is 39.3. The van der Waals surface area contributed by atoms with Gasteiger partial charge in [-0.2, -0.15) is 13.2 Å². The van der Waals surface area contributed by atoms with E-state index in [1.165, 1.54) is 36.2 Å². The van der Waals surface area contributed by atoms with Crippen LogP contribution in [0.1, 0.15) is 35.4 Å². The number of thioether (sulfide) groups is 1. The normalized spacial score (nSPS) is 13.4. The van der Waals surface area contributed by atoms with E-state index in [1.807, 2.05) is 19.2 Å². The molecule has 0 aliphatic heterocycles. The van der Waals surface area contributed by atoms with Crippen molar-refractivity contribution in [3.05, 3.63) is 59.2 Å². The van der Waals surface area contributed by atoms with E-state index < -0.39 is 11.7 Å². The Morgan fingerprint density at radius 1 is 1.19 bits per heavy atom. The molecule has 4 N–H and O–H groups in total. The molecule has 0 unspecified atom stereocenters. The number of alkyl halides is 3. The number of amides is 1. The molecule has 1 aliphatic carbocycles. The van der Waals surface area contributed by atoms with Crippen LogP contribution in [-0.4, -0.2) is 13.5 Å². The number of anilines is 1. The van der Waals surface area contributed by atoms with Crippen LogP contribution in [0.3, 0.4) is 0 Å². The maximum atomic E-state index is 13.1. The highest BCUT2D eigenvalue weighted by molar-refractivity contribution is 7.98. The molecular formula is C19H22F3N3OS. The predicted molar refractivity (Wildman–Crippen MR) is 102 cm³/mol. The van der Waals surface area contributed by atoms with E-state index in [2.05, 4.69) is 17.2 Å². The Hall–Kier alpha value is -2.19. The number of rotatable bonds is 6. The highest BCUT2D eigenvalue weighted by atomic mass is 32.2. The van der Waals surface area contributed by atoms with Gasteiger partial charge in [-0.05, 0) is 42.0 Å². The second kappa shape index (κ2) is 9.66. The lowest BCUT2D eigenvalue weighted by Gasteiger charge is -2.16. The van der Waals surface area contributed by atoms with Crippen LogP contribution < -0.4 is 16.6 Å². The van der Waals surface area contributed by atoms with Gasteiger partial charge in [0.1, 0.15) is 0 Å². The largest absolute Gasteiger partial charge is 0.416 e. The smallest absolute Gasteiger partial charge is 0.387 e. The SMILES string of the molecule is CNc1cccc(C2CC2)c1SCc1ccccc1C(F)(F)F.NNC=O. The number of carbonyl (C=O) groups excluding carboxylic acids is 1. The lowest BCUT2D eigenvalue weighted by atomic mass is 10.1. The molecule has 1 fully saturated rings. The molecule has 8 heteroatoms. The fraction of sp³-hybridized carbons (Fsp3) is 0.316. The number of hydrogen-bond donors (Lipinski definition) is 3. The molecular weight excluding hydrogens is 375 g/mol. The third kappa shape index (κ3) is 5.90. The van der Waals surface area contributed by atoms with Crippen LogP contribution in [-0.2, 0) is 16.7 Å². The van der Waals surface area contributed by atoms with E-state index in [1.54, 1.807) is 17.6 Å². The van der Waals surface area contributed by atoms with E-state index in [9.17, 15) is 13.2 Å². The minimum atomic E-state index is -4.31. The van der Waals surface area contributed by atoms with Crippen LogP contribution in [0, 0.1) is 0 Å². The van der Waals surface area contributed by atoms with Crippen molar-refractivity contribution in [2.75, 3.05) is 12.4 Å². The Bertz CT molecular complexity index is 764. The van der Waals surface area contributed by atoms with E-state index >= 15 is 0 Å². The van der Waals surface area contributed by atoms with E-state index in [4.69, 9.17) is 4.79 Å². The maximum Gasteiger partial charge on any atom is 0.416 e. The van der Waals surface area contributed by atoms with Gasteiger partial charge in [-0.25, -0.2) is 5.84 Å². The summed E-state index contributed by atoms with van der Waals surface area (Å²) in [6.45, 7) is 0. The Kier molecular flexibility index (Phi) is 7.55. The lowest BCUT2D eigenvalue weighted by molar-refractivity contribution is -0.138. The maximum absolute atomic E-state index is 13.1. The van der Waals surface area contributed by atoms with E-state index in [-0.39, 0.29) is 0 Å². The van der Waals surface area contributed by atoms with Gasteiger partial charge in [0.25, 0.3) is 0 Å². The first-order valence-corrected chi connectivity index (χ1v) is 9.39. The molecule has 0 aromatic heterocycles. The summed E-state index contributed by atoms with van der Waals surface area (Å²) in [6, 6.07) is 11.9. The average molecular weight is 397 g/mol. The van der Waals surface area contributed by atoms with Crippen LogP contribution >= 0.6 is 11.8 Å². The molecule has 0 saturated heterocycles. The van der Waals surface area contributed by atoms with Crippen molar-refractivity contribution in [3.8, 4) is 0 Å². The molecule has 1 saturated carbocycles. The highest BCUT2D eigenvalue weighted by Crippen LogP contribution is 2.47. The zero-order chi connectivity index (χ0) is 19.9. The van der Waals surface area contributed by atoms with Crippen molar-refractivity contribution in [3.63, 3.8) is 0 Å². The first-order valence-electron chi connectivity index (χ1n) is 8.40.